The van der Waals surface area contributed by atoms with E-state index >= 15 is 0 Å². The third-order valence-electron chi connectivity index (χ3n) is 2.19. The number of nitrogens with zero attached hydrogens (tertiary/aromatic N) is 1. The molecule has 0 aliphatic rings. The molecule has 0 aromatic heterocycles. The zero-order valence-electron chi connectivity index (χ0n) is 9.37. The number of amides is 1. The zero-order valence-corrected chi connectivity index (χ0v) is 9.37. The number of hydrogen-bond acceptors (Lipinski definition) is 1. The van der Waals surface area contributed by atoms with Gasteiger partial charge in [0.25, 0.3) is 0 Å². The fourth-order valence-corrected chi connectivity index (χ4v) is 1.27. The molecule has 2 heteroatoms. The molecule has 13 heavy (non-hydrogen) atoms. The topological polar surface area (TPSA) is 20.3 Å². The Bertz CT molecular complexity index is 183. The van der Waals surface area contributed by atoms with E-state index in [1.54, 1.807) is 4.90 Å². The Labute approximate surface area is 81.6 Å². The maximum atomic E-state index is 11.7. The molecule has 0 bridgehead atoms. The monoisotopic (exact) mass is 183 g/mol. The van der Waals surface area contributed by atoms with Crippen molar-refractivity contribution in [2.24, 2.45) is 11.8 Å². The predicted molar refractivity (Wildman–Crippen MR) is 56.5 cm³/mol. The predicted octanol–water partition coefficient (Wildman–Crippen LogP) is 2.31. The summed E-state index contributed by atoms with van der Waals surface area (Å²) in [4.78, 5) is 13.4. The molecule has 0 rings (SSSR count). The first-order valence-electron chi connectivity index (χ1n) is 4.83. The lowest BCUT2D eigenvalue weighted by Gasteiger charge is -2.22. The molecule has 2 nitrogen and oxygen atoms in total. The number of allylic oxidation sites excluding steroid dienone is 2. The van der Waals surface area contributed by atoms with Crippen LogP contribution in [0.2, 0.25) is 0 Å². The molecule has 1 amide bonds. The molecule has 0 aliphatic carbocycles. The molecule has 76 valence electrons. The Morgan fingerprint density at radius 2 is 1.92 bits per heavy atom. The first-order valence-corrected chi connectivity index (χ1v) is 4.83. The van der Waals surface area contributed by atoms with Crippen molar-refractivity contribution in [3.63, 3.8) is 0 Å². The first kappa shape index (κ1) is 12.2. The first-order chi connectivity index (χ1) is 6.00. The van der Waals surface area contributed by atoms with Gasteiger partial charge in [0.15, 0.2) is 0 Å². The normalized spacial score (nSPS) is 13.7. The van der Waals surface area contributed by atoms with Crippen LogP contribution in [0.1, 0.15) is 27.2 Å². The van der Waals surface area contributed by atoms with Gasteiger partial charge in [0, 0.05) is 20.0 Å². The Morgan fingerprint density at radius 3 is 2.23 bits per heavy atom. The summed E-state index contributed by atoms with van der Waals surface area (Å²) >= 11 is 0. The molecule has 0 spiro atoms. The average molecular weight is 183 g/mol. The van der Waals surface area contributed by atoms with E-state index in [4.69, 9.17) is 0 Å². The maximum Gasteiger partial charge on any atom is 0.225 e. The third kappa shape index (κ3) is 4.11. The van der Waals surface area contributed by atoms with Crippen LogP contribution >= 0.6 is 0 Å². The van der Waals surface area contributed by atoms with Gasteiger partial charge in [-0.3, -0.25) is 4.79 Å². The molecule has 0 aromatic carbocycles. The van der Waals surface area contributed by atoms with Crippen molar-refractivity contribution in [2.45, 2.75) is 27.2 Å². The number of hydrogen-bond donors (Lipinski definition) is 0. The SMILES string of the molecule is C/C=C/C[C@H](C(=O)N(C)C)C(C)C. The summed E-state index contributed by atoms with van der Waals surface area (Å²) in [6.45, 7) is 6.17. The molecule has 0 radical (unpaired) electrons. The summed E-state index contributed by atoms with van der Waals surface area (Å²) in [6, 6.07) is 0. The lowest BCUT2D eigenvalue weighted by atomic mass is 9.91. The molecule has 0 saturated carbocycles. The Balaban J connectivity index is 4.33. The van der Waals surface area contributed by atoms with Gasteiger partial charge < -0.3 is 4.90 Å². The lowest BCUT2D eigenvalue weighted by molar-refractivity contribution is -0.134. The second kappa shape index (κ2) is 5.79. The van der Waals surface area contributed by atoms with Crippen LogP contribution < -0.4 is 0 Å². The van der Waals surface area contributed by atoms with E-state index in [0.717, 1.165) is 6.42 Å². The number of rotatable bonds is 4. The highest BCUT2D eigenvalue weighted by Crippen LogP contribution is 2.17. The van der Waals surface area contributed by atoms with Gasteiger partial charge in [-0.1, -0.05) is 26.0 Å². The highest BCUT2D eigenvalue weighted by atomic mass is 16.2. The smallest absolute Gasteiger partial charge is 0.225 e. The van der Waals surface area contributed by atoms with Crippen molar-refractivity contribution < 1.29 is 4.79 Å². The molecule has 0 aromatic rings. The van der Waals surface area contributed by atoms with Crippen LogP contribution in [0.3, 0.4) is 0 Å². The summed E-state index contributed by atoms with van der Waals surface area (Å²) in [5, 5.41) is 0. The molecular weight excluding hydrogens is 162 g/mol. The van der Waals surface area contributed by atoms with Gasteiger partial charge in [0.1, 0.15) is 0 Å². The van der Waals surface area contributed by atoms with E-state index in [9.17, 15) is 4.79 Å². The zero-order chi connectivity index (χ0) is 10.4. The number of carbonyl (C=O) groups excluding carboxylic acids is 1. The minimum atomic E-state index is 0.131. The van der Waals surface area contributed by atoms with Crippen LogP contribution in [0.4, 0.5) is 0 Å². The van der Waals surface area contributed by atoms with Gasteiger partial charge >= 0.3 is 0 Å². The van der Waals surface area contributed by atoms with Crippen LogP contribution in [0.5, 0.6) is 0 Å². The van der Waals surface area contributed by atoms with Gasteiger partial charge in [-0.05, 0) is 19.3 Å². The van der Waals surface area contributed by atoms with Gasteiger partial charge in [0.2, 0.25) is 5.91 Å². The van der Waals surface area contributed by atoms with Crippen molar-refractivity contribution >= 4 is 5.91 Å². The van der Waals surface area contributed by atoms with Crippen LogP contribution in [0.25, 0.3) is 0 Å². The summed E-state index contributed by atoms with van der Waals surface area (Å²) in [7, 11) is 3.63. The average Bonchev–Trinajstić information content (AvgIpc) is 2.04. The molecule has 0 N–H and O–H groups in total. The van der Waals surface area contributed by atoms with Crippen LogP contribution in [0.15, 0.2) is 12.2 Å². The molecule has 0 fully saturated rings. The van der Waals surface area contributed by atoms with Crippen molar-refractivity contribution in [1.82, 2.24) is 4.90 Å². The standard InChI is InChI=1S/C11H21NO/c1-6-7-8-10(9(2)3)11(13)12(4)5/h6-7,9-10H,8H2,1-5H3/b7-6+/t10-/m0/s1. The van der Waals surface area contributed by atoms with Crippen LogP contribution in [-0.2, 0) is 4.79 Å². The number of carbonyl (C=O) groups is 1. The largest absolute Gasteiger partial charge is 0.349 e. The minimum Gasteiger partial charge on any atom is -0.349 e. The summed E-state index contributed by atoms with van der Waals surface area (Å²) < 4.78 is 0. The van der Waals surface area contributed by atoms with Crippen LogP contribution in [0, 0.1) is 11.8 Å². The molecule has 0 unspecified atom stereocenters. The van der Waals surface area contributed by atoms with Crippen LogP contribution in [-0.4, -0.2) is 24.9 Å². The van der Waals surface area contributed by atoms with Crippen molar-refractivity contribution in [2.75, 3.05) is 14.1 Å². The van der Waals surface area contributed by atoms with Crippen molar-refractivity contribution in [3.05, 3.63) is 12.2 Å². The minimum absolute atomic E-state index is 0.131. The highest BCUT2D eigenvalue weighted by Gasteiger charge is 2.21. The summed E-state index contributed by atoms with van der Waals surface area (Å²) in [5.41, 5.74) is 0. The van der Waals surface area contributed by atoms with Crippen molar-refractivity contribution in [3.8, 4) is 0 Å². The quantitative estimate of drug-likeness (QED) is 0.612. The molecule has 0 aliphatic heterocycles. The maximum absolute atomic E-state index is 11.7. The van der Waals surface area contributed by atoms with E-state index in [0.29, 0.717) is 5.92 Å². The highest BCUT2D eigenvalue weighted by molar-refractivity contribution is 5.78. The van der Waals surface area contributed by atoms with Crippen molar-refractivity contribution in [1.29, 1.82) is 0 Å². The Morgan fingerprint density at radius 1 is 1.38 bits per heavy atom. The third-order valence-corrected chi connectivity index (χ3v) is 2.19. The molecule has 0 heterocycles. The fourth-order valence-electron chi connectivity index (χ4n) is 1.27. The lowest BCUT2D eigenvalue weighted by Crippen LogP contribution is -2.32. The second-order valence-electron chi connectivity index (χ2n) is 3.89. The van der Waals surface area contributed by atoms with Gasteiger partial charge in [-0.15, -0.1) is 0 Å². The fraction of sp³-hybridized carbons (Fsp3) is 0.727. The van der Waals surface area contributed by atoms with Gasteiger partial charge in [-0.2, -0.15) is 0 Å². The van der Waals surface area contributed by atoms with E-state index in [2.05, 4.69) is 19.9 Å². The van der Waals surface area contributed by atoms with Gasteiger partial charge in [0.05, 0.1) is 0 Å². The van der Waals surface area contributed by atoms with Gasteiger partial charge in [-0.25, -0.2) is 0 Å². The summed E-state index contributed by atoms with van der Waals surface area (Å²) in [5.74, 6) is 0.769. The Kier molecular flexibility index (Phi) is 5.44. The Hall–Kier alpha value is -0.790. The molecular formula is C11H21NO. The van der Waals surface area contributed by atoms with E-state index < -0.39 is 0 Å². The second-order valence-corrected chi connectivity index (χ2v) is 3.89. The molecule has 0 saturated heterocycles. The van der Waals surface area contributed by atoms with E-state index in [1.807, 2.05) is 27.1 Å². The van der Waals surface area contributed by atoms with E-state index in [1.165, 1.54) is 0 Å². The van der Waals surface area contributed by atoms with E-state index in [-0.39, 0.29) is 11.8 Å². The molecule has 1 atom stereocenters. The summed E-state index contributed by atoms with van der Waals surface area (Å²) in [6.07, 6.45) is 4.91.